The maximum absolute atomic E-state index is 12.1. The smallest absolute Gasteiger partial charge is 0.263 e. The van der Waals surface area contributed by atoms with Crippen molar-refractivity contribution in [2.75, 3.05) is 24.6 Å². The molecule has 19 heavy (non-hydrogen) atoms. The van der Waals surface area contributed by atoms with Crippen molar-refractivity contribution in [3.05, 3.63) is 32.3 Å². The van der Waals surface area contributed by atoms with E-state index in [1.54, 1.807) is 17.0 Å². The lowest BCUT2D eigenvalue weighted by atomic mass is 10.3. The van der Waals surface area contributed by atoms with Gasteiger partial charge in [-0.15, -0.1) is 11.3 Å². The van der Waals surface area contributed by atoms with Gasteiger partial charge in [0.15, 0.2) is 9.84 Å². The molecule has 1 fully saturated rings. The minimum atomic E-state index is -2.98. The largest absolute Gasteiger partial charge is 0.336 e. The molecule has 0 unspecified atom stereocenters. The average Bonchev–Trinajstić information content (AvgIpc) is 2.84. The molecule has 1 saturated heterocycles. The van der Waals surface area contributed by atoms with Crippen LogP contribution in [0, 0.1) is 0 Å². The molecule has 0 N–H and O–H groups in total. The van der Waals surface area contributed by atoms with Crippen LogP contribution in [0.5, 0.6) is 0 Å². The number of rotatable bonds is 3. The van der Waals surface area contributed by atoms with Crippen LogP contribution in [0.4, 0.5) is 0 Å². The molecule has 0 atom stereocenters. The Hall–Kier alpha value is -1.57. The lowest BCUT2D eigenvalue weighted by Crippen LogP contribution is -2.43. The van der Waals surface area contributed by atoms with Crippen LogP contribution in [0.25, 0.3) is 10.4 Å². The minimum absolute atomic E-state index is 0.0235. The minimum Gasteiger partial charge on any atom is -0.336 e. The summed E-state index contributed by atoms with van der Waals surface area (Å²) in [5.74, 6) is -0.113. The van der Waals surface area contributed by atoms with Crippen LogP contribution >= 0.6 is 11.3 Å². The van der Waals surface area contributed by atoms with E-state index in [2.05, 4.69) is 10.0 Å². The number of amides is 1. The average molecular weight is 300 g/mol. The third-order valence-electron chi connectivity index (χ3n) is 2.79. The SMILES string of the molecule is [N-]=[N+]=NCc1ccc(C(=O)N2CCS(=O)(=O)CC2)s1. The predicted octanol–water partition coefficient (Wildman–Crippen LogP) is 1.43. The Morgan fingerprint density at radius 1 is 1.42 bits per heavy atom. The van der Waals surface area contributed by atoms with Crippen LogP contribution in [0.2, 0.25) is 0 Å². The van der Waals surface area contributed by atoms with E-state index in [0.29, 0.717) is 4.88 Å². The molecule has 0 aromatic carbocycles. The van der Waals surface area contributed by atoms with Crippen LogP contribution in [0.3, 0.4) is 0 Å². The maximum atomic E-state index is 12.1. The van der Waals surface area contributed by atoms with Gasteiger partial charge in [0.1, 0.15) is 0 Å². The van der Waals surface area contributed by atoms with Gasteiger partial charge < -0.3 is 4.90 Å². The first-order valence-corrected chi connectivity index (χ1v) is 8.25. The molecule has 0 aliphatic carbocycles. The van der Waals surface area contributed by atoms with Crippen LogP contribution < -0.4 is 0 Å². The summed E-state index contributed by atoms with van der Waals surface area (Å²) in [5.41, 5.74) is 8.23. The van der Waals surface area contributed by atoms with Gasteiger partial charge in [0.2, 0.25) is 0 Å². The second kappa shape index (κ2) is 5.60. The standard InChI is InChI=1S/C10H12N4O3S2/c11-13-12-7-8-1-2-9(18-8)10(15)14-3-5-19(16,17)6-4-14/h1-2H,3-7H2. The number of sulfone groups is 1. The molecule has 9 heteroatoms. The van der Waals surface area contributed by atoms with E-state index in [1.165, 1.54) is 11.3 Å². The Morgan fingerprint density at radius 2 is 2.11 bits per heavy atom. The van der Waals surface area contributed by atoms with Crippen LogP contribution in [-0.2, 0) is 16.4 Å². The monoisotopic (exact) mass is 300 g/mol. The van der Waals surface area contributed by atoms with E-state index in [9.17, 15) is 13.2 Å². The van der Waals surface area contributed by atoms with Gasteiger partial charge in [0.25, 0.3) is 5.91 Å². The Morgan fingerprint density at radius 3 is 2.74 bits per heavy atom. The maximum Gasteiger partial charge on any atom is 0.263 e. The van der Waals surface area contributed by atoms with Crippen LogP contribution in [0.15, 0.2) is 17.2 Å². The zero-order valence-corrected chi connectivity index (χ0v) is 11.7. The quantitative estimate of drug-likeness (QED) is 0.479. The second-order valence-corrected chi connectivity index (χ2v) is 7.57. The molecule has 0 radical (unpaired) electrons. The topological polar surface area (TPSA) is 103 Å². The van der Waals surface area contributed by atoms with Gasteiger partial charge in [0, 0.05) is 22.9 Å². The normalized spacial score (nSPS) is 17.8. The highest BCUT2D eigenvalue weighted by atomic mass is 32.2. The van der Waals surface area contributed by atoms with Gasteiger partial charge >= 0.3 is 0 Å². The summed E-state index contributed by atoms with van der Waals surface area (Å²) in [6, 6.07) is 3.42. The summed E-state index contributed by atoms with van der Waals surface area (Å²) in [4.78, 5) is 17.7. The number of hydrogen-bond acceptors (Lipinski definition) is 5. The van der Waals surface area contributed by atoms with Crippen molar-refractivity contribution in [3.8, 4) is 0 Å². The first kappa shape index (κ1) is 13.9. The number of azide groups is 1. The van der Waals surface area contributed by atoms with Crippen molar-refractivity contribution < 1.29 is 13.2 Å². The third-order valence-corrected chi connectivity index (χ3v) is 5.46. The van der Waals surface area contributed by atoms with Gasteiger partial charge in [-0.3, -0.25) is 4.79 Å². The molecule has 0 saturated carbocycles. The van der Waals surface area contributed by atoms with Gasteiger partial charge in [-0.1, -0.05) is 5.11 Å². The molecule has 2 rings (SSSR count). The molecule has 1 aliphatic heterocycles. The number of hydrogen-bond donors (Lipinski definition) is 0. The highest BCUT2D eigenvalue weighted by Crippen LogP contribution is 2.20. The van der Waals surface area contributed by atoms with Gasteiger partial charge in [-0.2, -0.15) is 0 Å². The van der Waals surface area contributed by atoms with E-state index in [0.717, 1.165) is 4.88 Å². The van der Waals surface area contributed by atoms with Gasteiger partial charge in [0.05, 0.1) is 22.9 Å². The molecular weight excluding hydrogens is 288 g/mol. The van der Waals surface area contributed by atoms with E-state index >= 15 is 0 Å². The Kier molecular flexibility index (Phi) is 4.08. The highest BCUT2D eigenvalue weighted by molar-refractivity contribution is 7.91. The fourth-order valence-corrected chi connectivity index (χ4v) is 3.85. The molecule has 7 nitrogen and oxygen atoms in total. The number of nitrogens with zero attached hydrogens (tertiary/aromatic N) is 4. The predicted molar refractivity (Wildman–Crippen MR) is 71.7 cm³/mol. The molecule has 1 aromatic heterocycles. The zero-order chi connectivity index (χ0) is 13.9. The summed E-state index contributed by atoms with van der Waals surface area (Å²) in [7, 11) is -2.98. The first-order valence-electron chi connectivity index (χ1n) is 5.61. The molecule has 1 aromatic rings. The van der Waals surface area contributed by atoms with E-state index < -0.39 is 9.84 Å². The third kappa shape index (κ3) is 3.46. The Labute approximate surface area is 114 Å². The molecule has 102 valence electrons. The molecular formula is C10H12N4O3S2. The van der Waals surface area contributed by atoms with Crippen molar-refractivity contribution in [2.24, 2.45) is 5.11 Å². The van der Waals surface area contributed by atoms with Crippen LogP contribution in [-0.4, -0.2) is 43.8 Å². The number of carbonyl (C=O) groups excluding carboxylic acids is 1. The van der Waals surface area contributed by atoms with Crippen molar-refractivity contribution in [2.45, 2.75) is 6.54 Å². The van der Waals surface area contributed by atoms with E-state index in [4.69, 9.17) is 5.53 Å². The van der Waals surface area contributed by atoms with Crippen molar-refractivity contribution in [1.82, 2.24) is 4.90 Å². The number of thiophene rings is 1. The molecule has 0 bridgehead atoms. The summed E-state index contributed by atoms with van der Waals surface area (Å²) in [6.45, 7) is 0.707. The van der Waals surface area contributed by atoms with Gasteiger partial charge in [-0.05, 0) is 17.7 Å². The van der Waals surface area contributed by atoms with E-state index in [1.807, 2.05) is 0 Å². The Bertz CT molecular complexity index is 617. The van der Waals surface area contributed by atoms with Gasteiger partial charge in [-0.25, -0.2) is 8.42 Å². The molecule has 2 heterocycles. The zero-order valence-electron chi connectivity index (χ0n) is 10.0. The molecule has 1 amide bonds. The first-order chi connectivity index (χ1) is 9.02. The molecule has 0 spiro atoms. The fourth-order valence-electron chi connectivity index (χ4n) is 1.75. The fraction of sp³-hybridized carbons (Fsp3) is 0.500. The summed E-state index contributed by atoms with van der Waals surface area (Å²) >= 11 is 1.27. The van der Waals surface area contributed by atoms with E-state index in [-0.39, 0.29) is 37.0 Å². The van der Waals surface area contributed by atoms with Crippen LogP contribution in [0.1, 0.15) is 14.5 Å². The summed E-state index contributed by atoms with van der Waals surface area (Å²) in [5, 5.41) is 3.43. The highest BCUT2D eigenvalue weighted by Gasteiger charge is 2.26. The molecule has 1 aliphatic rings. The van der Waals surface area contributed by atoms with Crippen molar-refractivity contribution in [1.29, 1.82) is 0 Å². The Balaban J connectivity index is 2.04. The lowest BCUT2D eigenvalue weighted by molar-refractivity contribution is 0.0775. The summed E-state index contributed by atoms with van der Waals surface area (Å²) in [6.07, 6.45) is 0. The lowest BCUT2D eigenvalue weighted by Gasteiger charge is -2.26. The van der Waals surface area contributed by atoms with Crippen molar-refractivity contribution >= 4 is 27.1 Å². The summed E-state index contributed by atoms with van der Waals surface area (Å²) < 4.78 is 22.6. The second-order valence-electron chi connectivity index (χ2n) is 4.10. The number of carbonyl (C=O) groups is 1. The van der Waals surface area contributed by atoms with Crippen molar-refractivity contribution in [3.63, 3.8) is 0 Å².